The molecule has 2 bridgehead atoms. The fraction of sp³-hybridized carbons (Fsp3) is 0.348. The fourth-order valence-electron chi connectivity index (χ4n) is 4.50. The molecule has 2 aromatic heterocycles. The van der Waals surface area contributed by atoms with Crippen molar-refractivity contribution in [3.8, 4) is 23.2 Å². The van der Waals surface area contributed by atoms with Gasteiger partial charge in [0.1, 0.15) is 28.8 Å². The summed E-state index contributed by atoms with van der Waals surface area (Å²) in [5.74, 6) is 5.77. The number of hydrogen-bond donors (Lipinski definition) is 2. The molecule has 1 fully saturated rings. The highest BCUT2D eigenvalue weighted by Crippen LogP contribution is 2.53. The van der Waals surface area contributed by atoms with Gasteiger partial charge in [0.05, 0.1) is 5.56 Å². The SMILES string of the molecule is Cc1cc([C@](C)(O)C#Cc2cc3c(cc2F)C2CC(C2)n2c-3nc(C(N)=O)c2C)no1. The maximum Gasteiger partial charge on any atom is 0.269 e. The van der Waals surface area contributed by atoms with Crippen LogP contribution in [0.25, 0.3) is 11.4 Å². The molecule has 158 valence electrons. The molecule has 1 amide bonds. The highest BCUT2D eigenvalue weighted by Gasteiger charge is 2.40. The Labute approximate surface area is 178 Å². The highest BCUT2D eigenvalue weighted by molar-refractivity contribution is 5.93. The van der Waals surface area contributed by atoms with Crippen molar-refractivity contribution in [3.05, 3.63) is 58.0 Å². The van der Waals surface area contributed by atoms with Crippen LogP contribution in [0.5, 0.6) is 0 Å². The van der Waals surface area contributed by atoms with Crippen LogP contribution in [0.4, 0.5) is 4.39 Å². The minimum atomic E-state index is -1.60. The van der Waals surface area contributed by atoms with Crippen molar-refractivity contribution >= 4 is 5.91 Å². The second-order valence-electron chi connectivity index (χ2n) is 8.49. The summed E-state index contributed by atoms with van der Waals surface area (Å²) in [6.07, 6.45) is 1.72. The third kappa shape index (κ3) is 2.96. The van der Waals surface area contributed by atoms with Crippen LogP contribution in [0, 0.1) is 31.5 Å². The third-order valence-electron chi connectivity index (χ3n) is 6.25. The van der Waals surface area contributed by atoms with Crippen LogP contribution in [0.2, 0.25) is 0 Å². The summed E-state index contributed by atoms with van der Waals surface area (Å²) in [6, 6.07) is 4.94. The standard InChI is InChI=1S/C23H21FN4O3/c1-11-6-19(27-31-11)23(3,30)5-4-13-9-17-16(10-18(13)24)14-7-15(8-14)28-12(2)20(21(25)29)26-22(17)28/h6,9-10,14-15,30H,7-8H2,1-3H3,(H2,25,29)/t14?,15?,23-/m1/s1. The number of primary amides is 1. The van der Waals surface area contributed by atoms with Gasteiger partial charge in [0.2, 0.25) is 0 Å². The highest BCUT2D eigenvalue weighted by atomic mass is 19.1. The maximum absolute atomic E-state index is 15.0. The van der Waals surface area contributed by atoms with E-state index in [1.54, 1.807) is 19.1 Å². The van der Waals surface area contributed by atoms with Crippen molar-refractivity contribution in [2.24, 2.45) is 5.73 Å². The van der Waals surface area contributed by atoms with Gasteiger partial charge >= 0.3 is 0 Å². The zero-order valence-corrected chi connectivity index (χ0v) is 17.4. The number of nitrogens with zero attached hydrogens (tertiary/aromatic N) is 3. The van der Waals surface area contributed by atoms with Crippen molar-refractivity contribution in [1.29, 1.82) is 0 Å². The molecule has 1 aromatic carbocycles. The van der Waals surface area contributed by atoms with E-state index in [2.05, 4.69) is 22.0 Å². The summed E-state index contributed by atoms with van der Waals surface area (Å²) in [5.41, 5.74) is 6.84. The van der Waals surface area contributed by atoms with Crippen molar-refractivity contribution in [2.45, 2.75) is 51.2 Å². The Morgan fingerprint density at radius 1 is 1.35 bits per heavy atom. The average Bonchev–Trinajstić information content (AvgIpc) is 3.18. The molecule has 0 saturated heterocycles. The molecule has 2 aliphatic heterocycles. The number of carbonyl (C=O) groups excluding carboxylic acids is 1. The maximum atomic E-state index is 15.0. The number of hydrogen-bond acceptors (Lipinski definition) is 5. The molecule has 3 N–H and O–H groups in total. The van der Waals surface area contributed by atoms with Crippen molar-refractivity contribution < 1.29 is 18.8 Å². The molecular weight excluding hydrogens is 399 g/mol. The van der Waals surface area contributed by atoms with E-state index in [-0.39, 0.29) is 28.9 Å². The van der Waals surface area contributed by atoms with Crippen LogP contribution in [0.3, 0.4) is 0 Å². The third-order valence-corrected chi connectivity index (χ3v) is 6.25. The number of amides is 1. The van der Waals surface area contributed by atoms with Gasteiger partial charge in [0.15, 0.2) is 5.60 Å². The summed E-state index contributed by atoms with van der Waals surface area (Å²) >= 11 is 0. The molecule has 1 saturated carbocycles. The molecule has 4 heterocycles. The number of aliphatic hydroxyl groups is 1. The topological polar surface area (TPSA) is 107 Å². The minimum Gasteiger partial charge on any atom is -0.372 e. The van der Waals surface area contributed by atoms with Gasteiger partial charge in [-0.1, -0.05) is 17.0 Å². The zero-order chi connectivity index (χ0) is 22.1. The normalized spacial score (nSPS) is 20.4. The van der Waals surface area contributed by atoms with E-state index in [0.29, 0.717) is 11.6 Å². The largest absolute Gasteiger partial charge is 0.372 e. The molecule has 3 aliphatic rings. The lowest BCUT2D eigenvalue weighted by Gasteiger charge is -2.35. The number of aryl methyl sites for hydroxylation is 1. The van der Waals surface area contributed by atoms with E-state index in [9.17, 15) is 14.3 Å². The molecular formula is C23H21FN4O3. The van der Waals surface area contributed by atoms with Gasteiger partial charge in [-0.15, -0.1) is 0 Å². The fourth-order valence-corrected chi connectivity index (χ4v) is 4.50. The second-order valence-corrected chi connectivity index (χ2v) is 8.49. The Bertz CT molecular complexity index is 1300. The van der Waals surface area contributed by atoms with E-state index in [1.807, 2.05) is 11.5 Å². The summed E-state index contributed by atoms with van der Waals surface area (Å²) in [6.45, 7) is 5.01. The van der Waals surface area contributed by atoms with E-state index in [4.69, 9.17) is 10.3 Å². The molecule has 3 aromatic rings. The summed E-state index contributed by atoms with van der Waals surface area (Å²) in [5, 5.41) is 14.5. The second kappa shape index (κ2) is 6.53. The van der Waals surface area contributed by atoms with Crippen LogP contribution >= 0.6 is 0 Å². The molecule has 8 heteroatoms. The lowest BCUT2D eigenvalue weighted by atomic mass is 9.75. The lowest BCUT2D eigenvalue weighted by molar-refractivity contribution is 0.0994. The Kier molecular flexibility index (Phi) is 4.11. The molecule has 31 heavy (non-hydrogen) atoms. The first-order valence-corrected chi connectivity index (χ1v) is 10.1. The van der Waals surface area contributed by atoms with Crippen LogP contribution in [0.1, 0.15) is 70.5 Å². The van der Waals surface area contributed by atoms with E-state index < -0.39 is 17.3 Å². The van der Waals surface area contributed by atoms with Crippen LogP contribution in [-0.4, -0.2) is 25.7 Å². The Morgan fingerprint density at radius 2 is 2.10 bits per heavy atom. The number of aromatic nitrogens is 3. The Morgan fingerprint density at radius 3 is 2.74 bits per heavy atom. The van der Waals surface area contributed by atoms with E-state index >= 15 is 0 Å². The summed E-state index contributed by atoms with van der Waals surface area (Å²) in [4.78, 5) is 16.4. The van der Waals surface area contributed by atoms with Gasteiger partial charge in [-0.05, 0) is 57.2 Å². The van der Waals surface area contributed by atoms with Gasteiger partial charge in [-0.3, -0.25) is 4.79 Å². The molecule has 6 rings (SSSR count). The monoisotopic (exact) mass is 420 g/mol. The average molecular weight is 420 g/mol. The smallest absolute Gasteiger partial charge is 0.269 e. The van der Waals surface area contributed by atoms with E-state index in [1.165, 1.54) is 13.0 Å². The Hall–Kier alpha value is -3.44. The molecule has 1 atom stereocenters. The predicted octanol–water partition coefficient (Wildman–Crippen LogP) is 3.08. The minimum absolute atomic E-state index is 0.131. The molecule has 0 spiro atoms. The van der Waals surface area contributed by atoms with Crippen LogP contribution < -0.4 is 5.73 Å². The molecule has 0 radical (unpaired) electrons. The quantitative estimate of drug-likeness (QED) is 0.620. The van der Waals surface area contributed by atoms with Crippen molar-refractivity contribution in [1.82, 2.24) is 14.7 Å². The van der Waals surface area contributed by atoms with Gasteiger partial charge in [0, 0.05) is 23.4 Å². The number of benzene rings is 1. The Balaban J connectivity index is 1.64. The first-order valence-electron chi connectivity index (χ1n) is 10.1. The van der Waals surface area contributed by atoms with Crippen molar-refractivity contribution in [2.75, 3.05) is 0 Å². The van der Waals surface area contributed by atoms with Gasteiger partial charge in [-0.2, -0.15) is 0 Å². The molecule has 0 unspecified atom stereocenters. The van der Waals surface area contributed by atoms with Gasteiger partial charge < -0.3 is 19.9 Å². The summed E-state index contributed by atoms with van der Waals surface area (Å²) in [7, 11) is 0. The van der Waals surface area contributed by atoms with E-state index in [0.717, 1.165) is 29.7 Å². The van der Waals surface area contributed by atoms with Crippen LogP contribution in [-0.2, 0) is 5.60 Å². The van der Waals surface area contributed by atoms with Gasteiger partial charge in [-0.25, -0.2) is 9.37 Å². The zero-order valence-electron chi connectivity index (χ0n) is 17.4. The van der Waals surface area contributed by atoms with Gasteiger partial charge in [0.25, 0.3) is 5.91 Å². The lowest BCUT2D eigenvalue weighted by Crippen LogP contribution is -2.24. The number of carbonyl (C=O) groups is 1. The number of nitrogens with two attached hydrogens (primary N) is 1. The number of rotatable bonds is 2. The first-order chi connectivity index (χ1) is 14.7. The molecule has 7 nitrogen and oxygen atoms in total. The van der Waals surface area contributed by atoms with Crippen LogP contribution in [0.15, 0.2) is 22.7 Å². The first kappa shape index (κ1) is 19.5. The predicted molar refractivity (Wildman–Crippen MR) is 110 cm³/mol. The molecule has 1 aliphatic carbocycles. The number of imidazole rings is 1. The number of halogens is 1. The summed E-state index contributed by atoms with van der Waals surface area (Å²) < 4.78 is 22.0. The van der Waals surface area contributed by atoms with Crippen molar-refractivity contribution in [3.63, 3.8) is 0 Å².